The van der Waals surface area contributed by atoms with E-state index in [1.807, 2.05) is 48.5 Å². The minimum absolute atomic E-state index is 0. The van der Waals surface area contributed by atoms with Gasteiger partial charge in [-0.05, 0) is 53.9 Å². The van der Waals surface area contributed by atoms with Crippen molar-refractivity contribution in [1.82, 2.24) is 39.9 Å². The molecular weight excluding hydrogens is 713 g/mol. The van der Waals surface area contributed by atoms with Crippen LogP contribution < -0.4 is 9.97 Å². The van der Waals surface area contributed by atoms with Gasteiger partial charge in [0.2, 0.25) is 0 Å². The molecule has 11 aromatic rings. The molecule has 0 atom stereocenters. The Hall–Kier alpha value is -7.07. The molecule has 3 aromatic heterocycles. The fraction of sp³-hybridized carbons (Fsp3) is 0. The van der Waals surface area contributed by atoms with E-state index in [2.05, 4.69) is 97.1 Å². The maximum atomic E-state index is 5.34. The van der Waals surface area contributed by atoms with Crippen molar-refractivity contribution in [2.75, 3.05) is 0 Å². The summed E-state index contributed by atoms with van der Waals surface area (Å²) in [5.74, 6) is 2.15. The van der Waals surface area contributed by atoms with Gasteiger partial charge in [0.1, 0.15) is 0 Å². The van der Waals surface area contributed by atoms with Crippen LogP contribution in [0, 0.1) is 0 Å². The summed E-state index contributed by atoms with van der Waals surface area (Å²) in [6.45, 7) is 0. The fourth-order valence-corrected chi connectivity index (χ4v) is 8.73. The van der Waals surface area contributed by atoms with Gasteiger partial charge in [0.15, 0.2) is 0 Å². The molecule has 0 aliphatic carbocycles. The SMILES string of the molecule is [Mg+2].c1ccc2c3c(ccc2c1)-c1nc-3nc2[n-]c(nc3nc(nc4[n-]c(n1)c1c5ccccc5ccc41)-c1ccc4ccccc4c1-3)c1c3ccccc3ccc21. The predicted octanol–water partition coefficient (Wildman–Crippen LogP) is 10.4. The molecule has 57 heavy (non-hydrogen) atoms. The van der Waals surface area contributed by atoms with Crippen LogP contribution in [-0.4, -0.2) is 53.0 Å². The number of rotatable bonds is 0. The third kappa shape index (κ3) is 4.61. The summed E-state index contributed by atoms with van der Waals surface area (Å²) in [5.41, 5.74) is 5.73. The van der Waals surface area contributed by atoms with E-state index in [1.54, 1.807) is 0 Å². The fourth-order valence-electron chi connectivity index (χ4n) is 8.73. The average molecular weight is 737 g/mol. The van der Waals surface area contributed by atoms with Gasteiger partial charge < -0.3 is 29.9 Å². The maximum absolute atomic E-state index is 5.34. The van der Waals surface area contributed by atoms with E-state index < -0.39 is 0 Å². The minimum atomic E-state index is 0. The molecule has 2 aliphatic heterocycles. The Bertz CT molecular complexity index is 3740. The van der Waals surface area contributed by atoms with Gasteiger partial charge in [-0.3, -0.25) is 0 Å². The van der Waals surface area contributed by atoms with Gasteiger partial charge in [0.05, 0.1) is 23.3 Å². The second-order valence-corrected chi connectivity index (χ2v) is 14.3. The first-order valence-electron chi connectivity index (χ1n) is 18.5. The van der Waals surface area contributed by atoms with Crippen LogP contribution in [0.2, 0.25) is 0 Å². The first-order chi connectivity index (χ1) is 27.7. The van der Waals surface area contributed by atoms with Gasteiger partial charge >= 0.3 is 23.1 Å². The van der Waals surface area contributed by atoms with Crippen molar-refractivity contribution >= 4 is 110 Å². The molecule has 13 rings (SSSR count). The average Bonchev–Trinajstić information content (AvgIpc) is 3.99. The summed E-state index contributed by atoms with van der Waals surface area (Å²) in [6.07, 6.45) is 0. The second kappa shape index (κ2) is 12.0. The zero-order valence-corrected chi connectivity index (χ0v) is 31.6. The van der Waals surface area contributed by atoms with E-state index in [0.717, 1.165) is 86.9 Å². The quantitative estimate of drug-likeness (QED) is 0.142. The van der Waals surface area contributed by atoms with E-state index in [-0.39, 0.29) is 23.1 Å². The smallest absolute Gasteiger partial charge is 0.357 e. The van der Waals surface area contributed by atoms with E-state index in [4.69, 9.17) is 39.9 Å². The molecule has 2 aliphatic rings. The first-order valence-corrected chi connectivity index (χ1v) is 18.5. The Labute approximate surface area is 339 Å². The van der Waals surface area contributed by atoms with E-state index in [1.165, 1.54) is 0 Å². The molecule has 0 unspecified atom stereocenters. The Morgan fingerprint density at radius 1 is 0.281 bits per heavy atom. The van der Waals surface area contributed by atoms with Crippen LogP contribution in [0.15, 0.2) is 146 Å². The van der Waals surface area contributed by atoms with Crippen LogP contribution in [0.1, 0.15) is 0 Å². The molecule has 0 saturated carbocycles. The summed E-state index contributed by atoms with van der Waals surface area (Å²) in [4.78, 5) is 42.0. The zero-order chi connectivity index (χ0) is 36.5. The van der Waals surface area contributed by atoms with Gasteiger partial charge in [0.25, 0.3) is 0 Å². The normalized spacial score (nSPS) is 12.1. The number of fused-ring (bicyclic) bond motifs is 28. The van der Waals surface area contributed by atoms with Crippen molar-refractivity contribution in [2.24, 2.45) is 0 Å². The molecule has 258 valence electrons. The van der Waals surface area contributed by atoms with Crippen LogP contribution in [-0.2, 0) is 0 Å². The maximum Gasteiger partial charge on any atom is 2.00 e. The first kappa shape index (κ1) is 32.2. The third-order valence-corrected chi connectivity index (χ3v) is 11.3. The third-order valence-electron chi connectivity index (χ3n) is 11.3. The van der Waals surface area contributed by atoms with Crippen molar-refractivity contribution in [3.8, 4) is 45.6 Å². The van der Waals surface area contributed by atoms with Crippen LogP contribution in [0.4, 0.5) is 0 Å². The Kier molecular flexibility index (Phi) is 6.76. The molecule has 0 fully saturated rings. The van der Waals surface area contributed by atoms with Crippen LogP contribution in [0.25, 0.3) is 133 Å². The molecule has 8 aromatic carbocycles. The molecule has 8 bridgehead atoms. The molecule has 8 nitrogen and oxygen atoms in total. The predicted molar refractivity (Wildman–Crippen MR) is 230 cm³/mol. The molecule has 9 heteroatoms. The number of benzene rings is 8. The summed E-state index contributed by atoms with van der Waals surface area (Å²) in [7, 11) is 0. The van der Waals surface area contributed by atoms with Crippen molar-refractivity contribution in [3.05, 3.63) is 146 Å². The van der Waals surface area contributed by atoms with Gasteiger partial charge in [0, 0.05) is 55.6 Å². The van der Waals surface area contributed by atoms with Crippen molar-refractivity contribution in [1.29, 1.82) is 0 Å². The molecule has 0 spiro atoms. The van der Waals surface area contributed by atoms with Gasteiger partial charge in [-0.25, -0.2) is 9.97 Å². The topological polar surface area (TPSA) is 106 Å². The van der Waals surface area contributed by atoms with Crippen molar-refractivity contribution in [3.63, 3.8) is 0 Å². The second-order valence-electron chi connectivity index (χ2n) is 14.3. The molecule has 0 radical (unpaired) electrons. The number of hydrogen-bond donors (Lipinski definition) is 0. The molecule has 0 N–H and O–H groups in total. The monoisotopic (exact) mass is 736 g/mol. The van der Waals surface area contributed by atoms with Crippen molar-refractivity contribution in [2.45, 2.75) is 0 Å². The molecule has 0 amide bonds. The van der Waals surface area contributed by atoms with Gasteiger partial charge in [-0.1, -0.05) is 146 Å². The Morgan fingerprint density at radius 2 is 0.632 bits per heavy atom. The summed E-state index contributed by atoms with van der Waals surface area (Å²) in [5, 5.41) is 12.1. The van der Waals surface area contributed by atoms with Crippen LogP contribution >= 0.6 is 0 Å². The molecular formula is C48H24MgN8. The molecule has 5 heterocycles. The number of nitrogens with zero attached hydrogens (tertiary/aromatic N) is 8. The summed E-state index contributed by atoms with van der Waals surface area (Å²) in [6, 6.07) is 50.1. The largest absolute Gasteiger partial charge is 2.00 e. The van der Waals surface area contributed by atoms with Crippen LogP contribution in [0.5, 0.6) is 0 Å². The Balaban J connectivity index is 0.00000356. The van der Waals surface area contributed by atoms with E-state index >= 15 is 0 Å². The number of hydrogen-bond acceptors (Lipinski definition) is 6. The molecule has 0 saturated heterocycles. The summed E-state index contributed by atoms with van der Waals surface area (Å²) < 4.78 is 0. The van der Waals surface area contributed by atoms with Crippen LogP contribution in [0.3, 0.4) is 0 Å². The van der Waals surface area contributed by atoms with E-state index in [0.29, 0.717) is 45.9 Å². The number of aromatic nitrogens is 8. The van der Waals surface area contributed by atoms with E-state index in [9.17, 15) is 0 Å². The standard InChI is InChI=1S/C48H24N8.Mg/c1-5-13-29-25(9-1)17-21-33-37(29)45-50-41(33)49-42-34-22-18-27-11-3-7-15-31(27)39(34)47(51-42)56-48-40-32-16-8-4-12-28(32)20-24-36(40)44(55-48)54-46-38-30-14-6-2-10-26(30)19-23-35(38)43(52-45)53-46;/h1-24H;/q-2;+2. The van der Waals surface area contributed by atoms with Gasteiger partial charge in [-0.2, -0.15) is 0 Å². The zero-order valence-electron chi connectivity index (χ0n) is 30.1. The van der Waals surface area contributed by atoms with Gasteiger partial charge in [-0.15, -0.1) is 0 Å². The summed E-state index contributed by atoms with van der Waals surface area (Å²) >= 11 is 0. The minimum Gasteiger partial charge on any atom is -0.357 e. The Morgan fingerprint density at radius 3 is 1.11 bits per heavy atom. The van der Waals surface area contributed by atoms with Crippen molar-refractivity contribution < 1.29 is 0 Å².